The molecule has 0 aromatic heterocycles. The lowest BCUT2D eigenvalue weighted by atomic mass is 10.2. The van der Waals surface area contributed by atoms with Crippen LogP contribution in [0.2, 0.25) is 0 Å². The predicted molar refractivity (Wildman–Crippen MR) is 84.4 cm³/mol. The van der Waals surface area contributed by atoms with E-state index in [-0.39, 0.29) is 5.75 Å². The van der Waals surface area contributed by atoms with Gasteiger partial charge >= 0.3 is 6.18 Å². The van der Waals surface area contributed by atoms with E-state index in [0.717, 1.165) is 5.56 Å². The Labute approximate surface area is 132 Å². The molecule has 0 amide bonds. The molecule has 0 atom stereocenters. The van der Waals surface area contributed by atoms with E-state index in [1.54, 1.807) is 18.3 Å². The van der Waals surface area contributed by atoms with Gasteiger partial charge in [0.2, 0.25) is 0 Å². The van der Waals surface area contributed by atoms with Crippen LogP contribution in [0, 0.1) is 6.92 Å². The fourth-order valence-corrected chi connectivity index (χ4v) is 1.67. The predicted octanol–water partition coefficient (Wildman–Crippen LogP) is 4.39. The number of rotatable bonds is 5. The first kappa shape index (κ1) is 16.7. The summed E-state index contributed by atoms with van der Waals surface area (Å²) in [4.78, 5) is 0. The van der Waals surface area contributed by atoms with Gasteiger partial charge < -0.3 is 4.74 Å². The highest BCUT2D eigenvalue weighted by Crippen LogP contribution is 2.18. The van der Waals surface area contributed by atoms with Crippen LogP contribution in [0.25, 0.3) is 0 Å². The summed E-state index contributed by atoms with van der Waals surface area (Å²) in [6, 6.07) is 13.9. The first-order valence-electron chi connectivity index (χ1n) is 6.85. The number of hydrogen-bond donors (Lipinski definition) is 0. The zero-order chi connectivity index (χ0) is 16.7. The average Bonchev–Trinajstić information content (AvgIpc) is 2.52. The lowest BCUT2D eigenvalue weighted by Crippen LogP contribution is -2.19. The third-order valence-electron chi connectivity index (χ3n) is 2.84. The van der Waals surface area contributed by atoms with E-state index in [1.165, 1.54) is 23.9 Å². The van der Waals surface area contributed by atoms with Crippen LogP contribution in [0.1, 0.15) is 16.7 Å². The first-order chi connectivity index (χ1) is 10.9. The van der Waals surface area contributed by atoms with Crippen molar-refractivity contribution < 1.29 is 17.9 Å². The van der Waals surface area contributed by atoms with Crippen molar-refractivity contribution in [3.8, 4) is 5.75 Å². The summed E-state index contributed by atoms with van der Waals surface area (Å²) in [5.41, 5.74) is 2.81. The summed E-state index contributed by atoms with van der Waals surface area (Å²) >= 11 is 0. The normalized spacial score (nSPS) is 12.2. The zero-order valence-corrected chi connectivity index (χ0v) is 12.4. The van der Waals surface area contributed by atoms with E-state index >= 15 is 0 Å². The number of nitrogens with zero attached hydrogens (tertiary/aromatic N) is 2. The molecule has 3 nitrogen and oxygen atoms in total. The zero-order valence-electron chi connectivity index (χ0n) is 12.4. The molecule has 0 saturated heterocycles. The van der Waals surface area contributed by atoms with Gasteiger partial charge in [-0.3, -0.25) is 0 Å². The van der Waals surface area contributed by atoms with Crippen LogP contribution < -0.4 is 4.74 Å². The van der Waals surface area contributed by atoms with Gasteiger partial charge in [0.05, 0.1) is 12.4 Å². The quantitative estimate of drug-likeness (QED) is 0.594. The molecule has 23 heavy (non-hydrogen) atoms. The Hall–Kier alpha value is -2.63. The lowest BCUT2D eigenvalue weighted by molar-refractivity contribution is -0.153. The standard InChI is InChI=1S/C17H15F3N2O/c1-13-2-4-14(5-3-13)10-21-22-11-15-6-8-16(9-7-15)23-12-17(18,19)20/h2-11H,12H2,1H3/b21-10+,22-11+. The monoisotopic (exact) mass is 320 g/mol. The third-order valence-corrected chi connectivity index (χ3v) is 2.84. The van der Waals surface area contributed by atoms with Crippen LogP contribution in [-0.4, -0.2) is 25.2 Å². The Balaban J connectivity index is 1.88. The highest BCUT2D eigenvalue weighted by atomic mass is 19.4. The summed E-state index contributed by atoms with van der Waals surface area (Å²) in [5.74, 6) is 0.155. The molecule has 0 aliphatic rings. The Kier molecular flexibility index (Phi) is 5.51. The third kappa shape index (κ3) is 6.34. The van der Waals surface area contributed by atoms with E-state index in [2.05, 4.69) is 14.9 Å². The Bertz CT molecular complexity index is 674. The van der Waals surface area contributed by atoms with Gasteiger partial charge in [0, 0.05) is 0 Å². The summed E-state index contributed by atoms with van der Waals surface area (Å²) in [6.45, 7) is 0.697. The van der Waals surface area contributed by atoms with Gasteiger partial charge in [0.25, 0.3) is 0 Å². The molecule has 0 fully saturated rings. The molecule has 0 spiro atoms. The van der Waals surface area contributed by atoms with Crippen molar-refractivity contribution >= 4 is 12.4 Å². The summed E-state index contributed by atoms with van der Waals surface area (Å²) in [5, 5.41) is 7.82. The minimum atomic E-state index is -4.34. The summed E-state index contributed by atoms with van der Waals surface area (Å²) in [6.07, 6.45) is -1.21. The minimum Gasteiger partial charge on any atom is -0.484 e. The van der Waals surface area contributed by atoms with Crippen LogP contribution in [0.3, 0.4) is 0 Å². The van der Waals surface area contributed by atoms with Crippen LogP contribution >= 0.6 is 0 Å². The summed E-state index contributed by atoms with van der Waals surface area (Å²) in [7, 11) is 0. The Morgan fingerprint density at radius 3 is 1.83 bits per heavy atom. The second-order valence-corrected chi connectivity index (χ2v) is 4.87. The lowest BCUT2D eigenvalue weighted by Gasteiger charge is -2.08. The van der Waals surface area contributed by atoms with Crippen LogP contribution in [0.15, 0.2) is 58.7 Å². The molecule has 0 aliphatic heterocycles. The second-order valence-electron chi connectivity index (χ2n) is 4.87. The maximum atomic E-state index is 12.0. The minimum absolute atomic E-state index is 0.155. The molecule has 0 radical (unpaired) electrons. The van der Waals surface area contributed by atoms with E-state index < -0.39 is 12.8 Å². The van der Waals surface area contributed by atoms with Crippen molar-refractivity contribution in [3.63, 3.8) is 0 Å². The molecule has 0 N–H and O–H groups in total. The molecule has 0 aliphatic carbocycles. The molecule has 0 heterocycles. The van der Waals surface area contributed by atoms with Crippen LogP contribution in [0.5, 0.6) is 5.75 Å². The van der Waals surface area contributed by atoms with Crippen molar-refractivity contribution in [2.45, 2.75) is 13.1 Å². The van der Waals surface area contributed by atoms with Crippen molar-refractivity contribution in [3.05, 3.63) is 65.2 Å². The molecular formula is C17H15F3N2O. The van der Waals surface area contributed by atoms with E-state index in [4.69, 9.17) is 0 Å². The molecular weight excluding hydrogens is 305 g/mol. The van der Waals surface area contributed by atoms with E-state index in [9.17, 15) is 13.2 Å². The van der Waals surface area contributed by atoms with Gasteiger partial charge in [-0.05, 0) is 42.3 Å². The molecule has 2 rings (SSSR count). The van der Waals surface area contributed by atoms with Crippen LogP contribution in [0.4, 0.5) is 13.2 Å². The average molecular weight is 320 g/mol. The number of hydrogen-bond acceptors (Lipinski definition) is 3. The fourth-order valence-electron chi connectivity index (χ4n) is 1.67. The highest BCUT2D eigenvalue weighted by molar-refractivity contribution is 5.82. The molecule has 0 bridgehead atoms. The molecule has 0 saturated carbocycles. The van der Waals surface area contributed by atoms with Gasteiger partial charge in [-0.2, -0.15) is 23.4 Å². The Morgan fingerprint density at radius 2 is 1.35 bits per heavy atom. The number of benzene rings is 2. The van der Waals surface area contributed by atoms with E-state index in [1.807, 2.05) is 31.2 Å². The SMILES string of the molecule is Cc1ccc(/C=N/N=C/c2ccc(OCC(F)(F)F)cc2)cc1. The fraction of sp³-hybridized carbons (Fsp3) is 0.176. The second kappa shape index (κ2) is 7.58. The largest absolute Gasteiger partial charge is 0.484 e. The number of ether oxygens (including phenoxy) is 1. The molecule has 6 heteroatoms. The molecule has 2 aromatic carbocycles. The van der Waals surface area contributed by atoms with Crippen molar-refractivity contribution in [1.82, 2.24) is 0 Å². The number of alkyl halides is 3. The summed E-state index contributed by atoms with van der Waals surface area (Å²) < 4.78 is 40.7. The number of aryl methyl sites for hydroxylation is 1. The van der Waals surface area contributed by atoms with E-state index in [0.29, 0.717) is 5.56 Å². The molecule has 0 unspecified atom stereocenters. The van der Waals surface area contributed by atoms with Crippen molar-refractivity contribution in [1.29, 1.82) is 0 Å². The van der Waals surface area contributed by atoms with Gasteiger partial charge in [0.1, 0.15) is 5.75 Å². The maximum Gasteiger partial charge on any atom is 0.422 e. The molecule has 120 valence electrons. The molecule has 2 aromatic rings. The maximum absolute atomic E-state index is 12.0. The number of halogens is 3. The Morgan fingerprint density at radius 1 is 0.870 bits per heavy atom. The van der Waals surface area contributed by atoms with Gasteiger partial charge in [0.15, 0.2) is 6.61 Å². The van der Waals surface area contributed by atoms with Gasteiger partial charge in [-0.15, -0.1) is 0 Å². The topological polar surface area (TPSA) is 34.0 Å². The van der Waals surface area contributed by atoms with Crippen molar-refractivity contribution in [2.24, 2.45) is 10.2 Å². The van der Waals surface area contributed by atoms with Crippen LogP contribution in [-0.2, 0) is 0 Å². The first-order valence-corrected chi connectivity index (χ1v) is 6.85. The van der Waals surface area contributed by atoms with Gasteiger partial charge in [-0.25, -0.2) is 0 Å². The highest BCUT2D eigenvalue weighted by Gasteiger charge is 2.28. The van der Waals surface area contributed by atoms with Crippen molar-refractivity contribution in [2.75, 3.05) is 6.61 Å². The van der Waals surface area contributed by atoms with Gasteiger partial charge in [-0.1, -0.05) is 29.8 Å². The smallest absolute Gasteiger partial charge is 0.422 e.